The lowest BCUT2D eigenvalue weighted by atomic mass is 10.1. The number of hydrogen-bond donors (Lipinski definition) is 0. The van der Waals surface area contributed by atoms with Gasteiger partial charge >= 0.3 is 11.9 Å². The minimum Gasteiger partial charge on any atom is -0.481 e. The highest BCUT2D eigenvalue weighted by atomic mass is 31.1. The molecule has 2 aromatic heterocycles. The maximum atomic E-state index is 13.1. The molecule has 0 fully saturated rings. The van der Waals surface area contributed by atoms with E-state index in [0.717, 1.165) is 33.4 Å². The highest BCUT2D eigenvalue weighted by Crippen LogP contribution is 2.47. The molecule has 8 nitrogen and oxygen atoms in total. The van der Waals surface area contributed by atoms with Crippen LogP contribution >= 0.6 is 15.8 Å². The van der Waals surface area contributed by atoms with Gasteiger partial charge in [-0.1, -0.05) is 134 Å². The van der Waals surface area contributed by atoms with Crippen LogP contribution in [0.3, 0.4) is 0 Å². The molecule has 6 aromatic rings. The summed E-state index contributed by atoms with van der Waals surface area (Å²) in [5.41, 5.74) is 0.789. The number of esters is 2. The van der Waals surface area contributed by atoms with Gasteiger partial charge in [0.15, 0.2) is 0 Å². The van der Waals surface area contributed by atoms with Crippen molar-refractivity contribution in [2.24, 2.45) is 0 Å². The standard InChI is InChI=1S/C42H34N2O6P2/c1-5-37(45)49-41-39(33(27-35(43-41)47-3)51(29-19-11-7-12-20-29)30-21-13-8-14-22-30)40-34(28-36(48-4)44-42(40)50-38(46)6-2)52(31-23-15-9-16-24-31)32-25-17-10-18-26-32/h5-28H,1-2H2,3-4H3. The first kappa shape index (κ1) is 35.9. The van der Waals surface area contributed by atoms with Crippen molar-refractivity contribution in [3.8, 4) is 34.6 Å². The summed E-state index contributed by atoms with van der Waals surface area (Å²) < 4.78 is 23.5. The minimum atomic E-state index is -1.40. The molecule has 2 heterocycles. The molecular formula is C42H34N2O6P2. The Bertz CT molecular complexity index is 1960. The quantitative estimate of drug-likeness (QED) is 0.0831. The fourth-order valence-electron chi connectivity index (χ4n) is 5.59. The van der Waals surface area contributed by atoms with E-state index in [9.17, 15) is 9.59 Å². The van der Waals surface area contributed by atoms with Crippen molar-refractivity contribution >= 4 is 59.6 Å². The summed E-state index contributed by atoms with van der Waals surface area (Å²) >= 11 is 0. The SMILES string of the molecule is C=CC(=O)Oc1nc(OC)cc(P(c2ccccc2)c2ccccc2)c1-c1c(P(c2ccccc2)c2ccccc2)cc(OC)nc1OC(=O)C=C. The van der Waals surface area contributed by atoms with Gasteiger partial charge < -0.3 is 18.9 Å². The highest BCUT2D eigenvalue weighted by Gasteiger charge is 2.34. The number of ether oxygens (including phenoxy) is 4. The monoisotopic (exact) mass is 724 g/mol. The molecule has 0 spiro atoms. The van der Waals surface area contributed by atoms with Crippen LogP contribution in [0.25, 0.3) is 11.1 Å². The molecule has 10 heteroatoms. The van der Waals surface area contributed by atoms with Gasteiger partial charge in [0.25, 0.3) is 0 Å². The molecule has 0 aliphatic carbocycles. The van der Waals surface area contributed by atoms with Crippen molar-refractivity contribution in [2.75, 3.05) is 14.2 Å². The lowest BCUT2D eigenvalue weighted by Gasteiger charge is -2.28. The Balaban J connectivity index is 1.83. The van der Waals surface area contributed by atoms with E-state index in [1.807, 2.05) is 84.9 Å². The van der Waals surface area contributed by atoms with Crippen LogP contribution in [0.2, 0.25) is 0 Å². The van der Waals surface area contributed by atoms with Gasteiger partial charge in [0.1, 0.15) is 0 Å². The zero-order chi connectivity index (χ0) is 36.5. The topological polar surface area (TPSA) is 96.8 Å². The predicted octanol–water partition coefficient (Wildman–Crippen LogP) is 5.86. The zero-order valence-corrected chi connectivity index (χ0v) is 30.3. The van der Waals surface area contributed by atoms with Crippen molar-refractivity contribution in [3.63, 3.8) is 0 Å². The van der Waals surface area contributed by atoms with E-state index in [0.29, 0.717) is 21.7 Å². The molecule has 0 saturated heterocycles. The molecule has 6 rings (SSSR count). The van der Waals surface area contributed by atoms with Crippen molar-refractivity contribution in [1.82, 2.24) is 9.97 Å². The fourth-order valence-corrected chi connectivity index (χ4v) is 10.5. The van der Waals surface area contributed by atoms with Crippen LogP contribution in [0, 0.1) is 0 Å². The maximum Gasteiger partial charge on any atom is 0.336 e. The molecule has 0 aliphatic heterocycles. The maximum absolute atomic E-state index is 13.1. The highest BCUT2D eigenvalue weighted by molar-refractivity contribution is 7.80. The van der Waals surface area contributed by atoms with Crippen LogP contribution in [0.1, 0.15) is 0 Å². The summed E-state index contributed by atoms with van der Waals surface area (Å²) in [7, 11) is 0.209. The van der Waals surface area contributed by atoms with E-state index in [4.69, 9.17) is 28.9 Å². The van der Waals surface area contributed by atoms with Crippen LogP contribution in [-0.4, -0.2) is 36.1 Å². The largest absolute Gasteiger partial charge is 0.481 e. The lowest BCUT2D eigenvalue weighted by Crippen LogP contribution is -2.28. The normalized spacial score (nSPS) is 10.8. The molecular weight excluding hydrogens is 690 g/mol. The predicted molar refractivity (Wildman–Crippen MR) is 210 cm³/mol. The number of hydrogen-bond acceptors (Lipinski definition) is 8. The third-order valence-corrected chi connectivity index (χ3v) is 12.7. The van der Waals surface area contributed by atoms with Crippen molar-refractivity contribution in [3.05, 3.63) is 159 Å². The Morgan fingerprint density at radius 1 is 0.519 bits per heavy atom. The number of nitrogens with zero attached hydrogens (tertiary/aromatic N) is 2. The van der Waals surface area contributed by atoms with Crippen molar-refractivity contribution in [2.45, 2.75) is 0 Å². The van der Waals surface area contributed by atoms with Crippen LogP contribution in [0.15, 0.2) is 159 Å². The van der Waals surface area contributed by atoms with Crippen LogP contribution < -0.4 is 50.8 Å². The summed E-state index contributed by atoms with van der Waals surface area (Å²) in [5.74, 6) is -1.19. The number of pyridine rings is 2. The molecule has 258 valence electrons. The van der Waals surface area contributed by atoms with Gasteiger partial charge in [0.2, 0.25) is 23.5 Å². The summed E-state index contributed by atoms with van der Waals surface area (Å²) in [4.78, 5) is 35.6. The molecule has 0 bridgehead atoms. The molecule has 0 radical (unpaired) electrons. The Hall–Kier alpha value is -5.94. The van der Waals surface area contributed by atoms with E-state index >= 15 is 0 Å². The Morgan fingerprint density at radius 2 is 0.808 bits per heavy atom. The lowest BCUT2D eigenvalue weighted by molar-refractivity contribution is -0.130. The van der Waals surface area contributed by atoms with E-state index in [1.165, 1.54) is 14.2 Å². The summed E-state index contributed by atoms with van der Waals surface area (Å²) in [6, 6.07) is 43.8. The minimum absolute atomic E-state index is 0.0706. The van der Waals surface area contributed by atoms with Gasteiger partial charge in [-0.2, -0.15) is 9.97 Å². The smallest absolute Gasteiger partial charge is 0.336 e. The number of rotatable bonds is 13. The zero-order valence-electron chi connectivity index (χ0n) is 28.5. The average Bonchev–Trinajstić information content (AvgIpc) is 3.19. The van der Waals surface area contributed by atoms with E-state index in [2.05, 4.69) is 61.7 Å². The summed E-state index contributed by atoms with van der Waals surface area (Å²) in [6.45, 7) is 7.27. The second-order valence-corrected chi connectivity index (χ2v) is 15.4. The van der Waals surface area contributed by atoms with Crippen LogP contribution in [0.5, 0.6) is 23.5 Å². The third kappa shape index (κ3) is 7.84. The van der Waals surface area contributed by atoms with Crippen molar-refractivity contribution < 1.29 is 28.5 Å². The summed E-state index contributed by atoms with van der Waals surface area (Å²) in [5, 5.41) is 5.43. The first-order valence-electron chi connectivity index (χ1n) is 16.1. The number of aromatic nitrogens is 2. The molecule has 0 saturated carbocycles. The van der Waals surface area contributed by atoms with Gasteiger partial charge in [0.05, 0.1) is 25.3 Å². The van der Waals surface area contributed by atoms with Crippen LogP contribution in [0.4, 0.5) is 0 Å². The Kier molecular flexibility index (Phi) is 11.6. The molecule has 52 heavy (non-hydrogen) atoms. The number of carbonyl (C=O) groups excluding carboxylic acids is 2. The number of carbonyl (C=O) groups is 2. The van der Waals surface area contributed by atoms with Gasteiger partial charge in [-0.05, 0) is 37.1 Å². The molecule has 0 atom stereocenters. The van der Waals surface area contributed by atoms with Crippen molar-refractivity contribution in [1.29, 1.82) is 0 Å². The molecule has 0 unspecified atom stereocenters. The second-order valence-electron chi connectivity index (χ2n) is 11.0. The second kappa shape index (κ2) is 16.8. The Labute approximate surface area is 304 Å². The van der Waals surface area contributed by atoms with Gasteiger partial charge in [-0.3, -0.25) is 0 Å². The molecule has 4 aromatic carbocycles. The van der Waals surface area contributed by atoms with Gasteiger partial charge in [-0.25, -0.2) is 9.59 Å². The van der Waals surface area contributed by atoms with E-state index < -0.39 is 27.8 Å². The first-order valence-corrected chi connectivity index (χ1v) is 18.8. The number of methoxy groups -OCH3 is 2. The van der Waals surface area contributed by atoms with E-state index in [1.54, 1.807) is 0 Å². The fraction of sp³-hybridized carbons (Fsp3) is 0.0476. The molecule has 0 N–H and O–H groups in total. The van der Waals surface area contributed by atoms with Crippen LogP contribution in [-0.2, 0) is 9.59 Å². The van der Waals surface area contributed by atoms with Gasteiger partial charge in [0, 0.05) is 34.9 Å². The average molecular weight is 725 g/mol. The first-order chi connectivity index (χ1) is 25.4. The molecule has 0 aliphatic rings. The molecule has 0 amide bonds. The number of benzene rings is 4. The third-order valence-electron chi connectivity index (χ3n) is 7.82. The van der Waals surface area contributed by atoms with Gasteiger partial charge in [-0.15, -0.1) is 0 Å². The summed E-state index contributed by atoms with van der Waals surface area (Å²) in [6.07, 6.45) is 2.13. The van der Waals surface area contributed by atoms with E-state index in [-0.39, 0.29) is 23.5 Å². The Morgan fingerprint density at radius 3 is 1.06 bits per heavy atom.